The molecule has 0 atom stereocenters. The maximum absolute atomic E-state index is 9.43. The molecule has 0 amide bonds. The number of aliphatic hydroxyl groups excluding tert-OH is 1. The largest absolute Gasteiger partial charge is 0.491 e. The molecule has 1 heterocycles. The number of aliphatic hydroxyl groups is 1. The molecule has 24 heavy (non-hydrogen) atoms. The fourth-order valence-corrected chi connectivity index (χ4v) is 2.70. The van der Waals surface area contributed by atoms with Gasteiger partial charge in [0.15, 0.2) is 0 Å². The lowest BCUT2D eigenvalue weighted by molar-refractivity contribution is 0.0732. The van der Waals surface area contributed by atoms with E-state index in [1.807, 2.05) is 30.3 Å². The molecule has 1 fully saturated rings. The maximum Gasteiger partial charge on any atom is 0.129 e. The van der Waals surface area contributed by atoms with Gasteiger partial charge in [-0.25, -0.2) is 9.97 Å². The number of nitrogens with one attached hydrogen (secondary N) is 1. The van der Waals surface area contributed by atoms with Gasteiger partial charge < -0.3 is 19.9 Å². The second kappa shape index (κ2) is 8.08. The Hall–Kier alpha value is -2.18. The smallest absolute Gasteiger partial charge is 0.129 e. The van der Waals surface area contributed by atoms with Gasteiger partial charge in [0.05, 0.1) is 12.7 Å². The fourth-order valence-electron chi connectivity index (χ4n) is 2.70. The predicted octanol–water partition coefficient (Wildman–Crippen LogP) is 2.35. The number of aromatic nitrogens is 2. The van der Waals surface area contributed by atoms with Gasteiger partial charge in [0.1, 0.15) is 24.5 Å². The minimum Gasteiger partial charge on any atom is -0.491 e. The van der Waals surface area contributed by atoms with Crippen molar-refractivity contribution < 1.29 is 14.6 Å². The number of ether oxygens (including phenoxy) is 2. The van der Waals surface area contributed by atoms with Gasteiger partial charge in [0.2, 0.25) is 0 Å². The quantitative estimate of drug-likeness (QED) is 0.724. The van der Waals surface area contributed by atoms with Crippen LogP contribution in [0.2, 0.25) is 0 Å². The third kappa shape index (κ3) is 4.43. The summed E-state index contributed by atoms with van der Waals surface area (Å²) >= 11 is 0. The molecule has 128 valence electrons. The molecule has 0 aliphatic heterocycles. The molecule has 1 aromatic heterocycles. The lowest BCUT2D eigenvalue weighted by Gasteiger charge is -2.30. The molecule has 0 radical (unpaired) electrons. The van der Waals surface area contributed by atoms with Crippen molar-refractivity contribution in [3.63, 3.8) is 0 Å². The second-order valence-corrected chi connectivity index (χ2v) is 5.99. The van der Waals surface area contributed by atoms with Crippen LogP contribution in [0.25, 0.3) is 0 Å². The summed E-state index contributed by atoms with van der Waals surface area (Å²) in [4.78, 5) is 8.58. The standard InChI is InChI=1S/C18H23N3O3/c1-23-5-6-24-16-4-2-3-13(7-16)11-19-18-10-17(20-12-21-18)14-8-15(22)9-14/h2-4,7,10,12,14-15,22H,5-6,8-9,11H2,1H3,(H,19,20,21). The zero-order chi connectivity index (χ0) is 16.8. The molecule has 6 heteroatoms. The van der Waals surface area contributed by atoms with Crippen molar-refractivity contribution in [3.8, 4) is 5.75 Å². The average molecular weight is 329 g/mol. The van der Waals surface area contributed by atoms with Gasteiger partial charge in [-0.2, -0.15) is 0 Å². The molecule has 3 rings (SSSR count). The molecular formula is C18H23N3O3. The minimum atomic E-state index is -0.178. The summed E-state index contributed by atoms with van der Waals surface area (Å²) in [5.74, 6) is 1.98. The highest BCUT2D eigenvalue weighted by Crippen LogP contribution is 2.36. The highest BCUT2D eigenvalue weighted by molar-refractivity contribution is 5.38. The van der Waals surface area contributed by atoms with Crippen molar-refractivity contribution in [1.29, 1.82) is 0 Å². The van der Waals surface area contributed by atoms with Gasteiger partial charge in [0.25, 0.3) is 0 Å². The van der Waals surface area contributed by atoms with Crippen molar-refractivity contribution in [2.45, 2.75) is 31.4 Å². The third-order valence-electron chi connectivity index (χ3n) is 4.15. The SMILES string of the molecule is COCCOc1cccc(CNc2cc(C3CC(O)C3)ncn2)c1. The van der Waals surface area contributed by atoms with Gasteiger partial charge in [-0.05, 0) is 30.5 Å². The molecular weight excluding hydrogens is 306 g/mol. The van der Waals surface area contributed by atoms with E-state index in [1.54, 1.807) is 13.4 Å². The molecule has 2 N–H and O–H groups in total. The molecule has 1 aliphatic rings. The van der Waals surface area contributed by atoms with E-state index < -0.39 is 0 Å². The van der Waals surface area contributed by atoms with Crippen LogP contribution in [0.5, 0.6) is 5.75 Å². The van der Waals surface area contributed by atoms with Gasteiger partial charge in [-0.1, -0.05) is 12.1 Å². The van der Waals surface area contributed by atoms with Gasteiger partial charge >= 0.3 is 0 Å². The second-order valence-electron chi connectivity index (χ2n) is 5.99. The zero-order valence-corrected chi connectivity index (χ0v) is 13.8. The summed E-state index contributed by atoms with van der Waals surface area (Å²) in [5.41, 5.74) is 2.11. The van der Waals surface area contributed by atoms with Gasteiger partial charge in [-0.15, -0.1) is 0 Å². The van der Waals surface area contributed by atoms with Crippen molar-refractivity contribution in [2.24, 2.45) is 0 Å². The van der Waals surface area contributed by atoms with Crippen LogP contribution in [0.1, 0.15) is 30.0 Å². The van der Waals surface area contributed by atoms with Crippen LogP contribution in [-0.4, -0.2) is 41.5 Å². The van der Waals surface area contributed by atoms with Crippen molar-refractivity contribution >= 4 is 5.82 Å². The van der Waals surface area contributed by atoms with Crippen LogP contribution in [-0.2, 0) is 11.3 Å². The lowest BCUT2D eigenvalue weighted by atomic mass is 9.80. The average Bonchev–Trinajstić information content (AvgIpc) is 2.58. The monoisotopic (exact) mass is 329 g/mol. The number of hydrogen-bond acceptors (Lipinski definition) is 6. The van der Waals surface area contributed by atoms with Crippen LogP contribution in [0.4, 0.5) is 5.82 Å². The first-order chi connectivity index (χ1) is 11.7. The summed E-state index contributed by atoms with van der Waals surface area (Å²) < 4.78 is 10.6. The molecule has 0 saturated heterocycles. The topological polar surface area (TPSA) is 76.5 Å². The maximum atomic E-state index is 9.43. The molecule has 6 nitrogen and oxygen atoms in total. The van der Waals surface area contributed by atoms with Gasteiger partial charge in [-0.3, -0.25) is 0 Å². The number of hydrogen-bond donors (Lipinski definition) is 2. The van der Waals surface area contributed by atoms with Crippen molar-refractivity contribution in [3.05, 3.63) is 47.9 Å². The summed E-state index contributed by atoms with van der Waals surface area (Å²) in [6, 6.07) is 9.92. The highest BCUT2D eigenvalue weighted by atomic mass is 16.5. The molecule has 1 aromatic carbocycles. The molecule has 0 spiro atoms. The van der Waals surface area contributed by atoms with Crippen molar-refractivity contribution in [1.82, 2.24) is 9.97 Å². The van der Waals surface area contributed by atoms with Crippen LogP contribution in [0, 0.1) is 0 Å². The zero-order valence-electron chi connectivity index (χ0n) is 13.8. The Bertz CT molecular complexity index is 659. The summed E-state index contributed by atoms with van der Waals surface area (Å²) in [7, 11) is 1.66. The van der Waals surface area contributed by atoms with Crippen LogP contribution in [0.15, 0.2) is 36.7 Å². The van der Waals surface area contributed by atoms with E-state index >= 15 is 0 Å². The van der Waals surface area contributed by atoms with E-state index in [9.17, 15) is 5.11 Å². The Labute approximate surface area is 141 Å². The molecule has 2 aromatic rings. The van der Waals surface area contributed by atoms with Crippen LogP contribution < -0.4 is 10.1 Å². The number of methoxy groups -OCH3 is 1. The van der Waals surface area contributed by atoms with E-state index in [0.717, 1.165) is 35.7 Å². The fraction of sp³-hybridized carbons (Fsp3) is 0.444. The lowest BCUT2D eigenvalue weighted by Crippen LogP contribution is -2.27. The predicted molar refractivity (Wildman–Crippen MR) is 91.2 cm³/mol. The molecule has 1 saturated carbocycles. The molecule has 0 bridgehead atoms. The summed E-state index contributed by atoms with van der Waals surface area (Å²) in [6.07, 6.45) is 2.98. The first-order valence-corrected chi connectivity index (χ1v) is 8.19. The Kier molecular flexibility index (Phi) is 5.61. The minimum absolute atomic E-state index is 0.178. The normalized spacial score (nSPS) is 19.6. The van der Waals surface area contributed by atoms with Crippen LogP contribution >= 0.6 is 0 Å². The van der Waals surface area contributed by atoms with Crippen molar-refractivity contribution in [2.75, 3.05) is 25.6 Å². The number of nitrogens with zero attached hydrogens (tertiary/aromatic N) is 2. The number of rotatable bonds is 8. The summed E-state index contributed by atoms with van der Waals surface area (Å²) in [5, 5.41) is 12.7. The first-order valence-electron chi connectivity index (χ1n) is 8.19. The molecule has 0 unspecified atom stereocenters. The molecule has 1 aliphatic carbocycles. The van der Waals surface area contributed by atoms with Crippen LogP contribution in [0.3, 0.4) is 0 Å². The number of benzene rings is 1. The first kappa shape index (κ1) is 16.7. The Balaban J connectivity index is 1.55. The Morgan fingerprint density at radius 1 is 1.21 bits per heavy atom. The van der Waals surface area contributed by atoms with E-state index in [0.29, 0.717) is 25.7 Å². The third-order valence-corrected chi connectivity index (χ3v) is 4.15. The Morgan fingerprint density at radius 2 is 2.08 bits per heavy atom. The van der Waals surface area contributed by atoms with E-state index in [-0.39, 0.29) is 6.10 Å². The number of anilines is 1. The van der Waals surface area contributed by atoms with Gasteiger partial charge in [0, 0.05) is 31.3 Å². The van der Waals surface area contributed by atoms with E-state index in [4.69, 9.17) is 9.47 Å². The summed E-state index contributed by atoms with van der Waals surface area (Å²) in [6.45, 7) is 1.77. The highest BCUT2D eigenvalue weighted by Gasteiger charge is 2.29. The van der Waals surface area contributed by atoms with E-state index in [1.165, 1.54) is 0 Å². The Morgan fingerprint density at radius 3 is 2.88 bits per heavy atom. The van der Waals surface area contributed by atoms with E-state index in [2.05, 4.69) is 15.3 Å².